The minimum Gasteiger partial charge on any atom is -0.398 e. The van der Waals surface area contributed by atoms with E-state index in [0.717, 1.165) is 17.1 Å². The Morgan fingerprint density at radius 1 is 1.67 bits per heavy atom. The lowest BCUT2D eigenvalue weighted by molar-refractivity contribution is 0.694. The van der Waals surface area contributed by atoms with Crippen LogP contribution < -0.4 is 10.6 Å². The summed E-state index contributed by atoms with van der Waals surface area (Å²) < 4.78 is 0. The van der Waals surface area contributed by atoms with Crippen molar-refractivity contribution < 1.29 is 0 Å². The molecule has 0 aliphatic rings. The number of aryl methyl sites for hydroxylation is 1. The first-order valence-electron chi connectivity index (χ1n) is 4.88. The van der Waals surface area contributed by atoms with E-state index in [1.54, 1.807) is 6.20 Å². The van der Waals surface area contributed by atoms with E-state index in [1.807, 2.05) is 31.9 Å². The summed E-state index contributed by atoms with van der Waals surface area (Å²) in [5.74, 6) is 0.806. The van der Waals surface area contributed by atoms with Crippen molar-refractivity contribution in [3.05, 3.63) is 17.8 Å². The number of aromatic nitrogens is 1. The highest BCUT2D eigenvalue weighted by molar-refractivity contribution is 5.54. The molecule has 0 aromatic carbocycles. The molecule has 0 fully saturated rings. The van der Waals surface area contributed by atoms with Crippen molar-refractivity contribution in [2.75, 3.05) is 17.7 Å². The first kappa shape index (κ1) is 11.3. The Hall–Kier alpha value is -1.76. The van der Waals surface area contributed by atoms with E-state index in [0.29, 0.717) is 6.42 Å². The maximum Gasteiger partial charge on any atom is 0.130 e. The number of nitriles is 1. The van der Waals surface area contributed by atoms with Gasteiger partial charge in [-0.3, -0.25) is 0 Å². The van der Waals surface area contributed by atoms with Gasteiger partial charge in [0.05, 0.1) is 12.5 Å². The zero-order valence-electron chi connectivity index (χ0n) is 9.36. The van der Waals surface area contributed by atoms with Gasteiger partial charge in [-0.1, -0.05) is 0 Å². The van der Waals surface area contributed by atoms with Crippen LogP contribution in [0.2, 0.25) is 0 Å². The minimum absolute atomic E-state index is 0.143. The maximum atomic E-state index is 8.61. The minimum atomic E-state index is 0.143. The van der Waals surface area contributed by atoms with E-state index in [9.17, 15) is 0 Å². The van der Waals surface area contributed by atoms with Crippen LogP contribution in [0.1, 0.15) is 18.9 Å². The molecule has 4 heteroatoms. The summed E-state index contributed by atoms with van der Waals surface area (Å²) in [5.41, 5.74) is 7.51. The first-order valence-corrected chi connectivity index (χ1v) is 4.88. The topological polar surface area (TPSA) is 65.9 Å². The second-order valence-electron chi connectivity index (χ2n) is 3.72. The molecule has 1 atom stereocenters. The van der Waals surface area contributed by atoms with Gasteiger partial charge < -0.3 is 10.6 Å². The van der Waals surface area contributed by atoms with Crippen LogP contribution in [0.15, 0.2) is 12.3 Å². The van der Waals surface area contributed by atoms with Crippen molar-refractivity contribution in [3.63, 3.8) is 0 Å². The largest absolute Gasteiger partial charge is 0.398 e. The molecule has 0 aliphatic carbocycles. The Kier molecular flexibility index (Phi) is 3.51. The number of hydrogen-bond donors (Lipinski definition) is 1. The Morgan fingerprint density at radius 3 is 2.87 bits per heavy atom. The second kappa shape index (κ2) is 4.65. The third kappa shape index (κ3) is 2.59. The number of nitrogens with two attached hydrogens (primary N) is 1. The Labute approximate surface area is 90.3 Å². The zero-order valence-corrected chi connectivity index (χ0v) is 9.36. The van der Waals surface area contributed by atoms with Crippen LogP contribution in [0.4, 0.5) is 11.5 Å². The van der Waals surface area contributed by atoms with Gasteiger partial charge in [0.25, 0.3) is 0 Å². The summed E-state index contributed by atoms with van der Waals surface area (Å²) >= 11 is 0. The van der Waals surface area contributed by atoms with Crippen molar-refractivity contribution in [1.29, 1.82) is 5.26 Å². The van der Waals surface area contributed by atoms with Gasteiger partial charge in [-0.15, -0.1) is 0 Å². The molecule has 0 spiro atoms. The van der Waals surface area contributed by atoms with Gasteiger partial charge in [-0.2, -0.15) is 5.26 Å². The average Bonchev–Trinajstić information content (AvgIpc) is 2.21. The Balaban J connectivity index is 2.87. The molecule has 15 heavy (non-hydrogen) atoms. The van der Waals surface area contributed by atoms with E-state index in [-0.39, 0.29) is 6.04 Å². The quantitative estimate of drug-likeness (QED) is 0.814. The molecule has 1 aromatic heterocycles. The number of nitrogens with zero attached hydrogens (tertiary/aromatic N) is 3. The number of rotatable bonds is 3. The molecule has 0 aliphatic heterocycles. The third-order valence-electron chi connectivity index (χ3n) is 2.54. The van der Waals surface area contributed by atoms with E-state index in [1.165, 1.54) is 0 Å². The first-order chi connectivity index (χ1) is 7.06. The fourth-order valence-electron chi connectivity index (χ4n) is 1.22. The molecule has 1 aromatic rings. The third-order valence-corrected chi connectivity index (χ3v) is 2.54. The van der Waals surface area contributed by atoms with Crippen LogP contribution in [0.5, 0.6) is 0 Å². The van der Waals surface area contributed by atoms with Gasteiger partial charge in [0, 0.05) is 31.0 Å². The molecule has 0 saturated heterocycles. The van der Waals surface area contributed by atoms with Crippen LogP contribution in [-0.2, 0) is 0 Å². The number of pyridine rings is 1. The molecular weight excluding hydrogens is 188 g/mol. The van der Waals surface area contributed by atoms with Crippen LogP contribution >= 0.6 is 0 Å². The van der Waals surface area contributed by atoms with E-state index in [4.69, 9.17) is 11.0 Å². The van der Waals surface area contributed by atoms with E-state index >= 15 is 0 Å². The summed E-state index contributed by atoms with van der Waals surface area (Å²) in [6.07, 6.45) is 2.23. The average molecular weight is 204 g/mol. The number of anilines is 2. The molecule has 1 unspecified atom stereocenters. The molecule has 0 radical (unpaired) electrons. The van der Waals surface area contributed by atoms with Gasteiger partial charge in [0.2, 0.25) is 0 Å². The fraction of sp³-hybridized carbons (Fsp3) is 0.455. The van der Waals surface area contributed by atoms with Gasteiger partial charge in [-0.05, 0) is 19.4 Å². The number of hydrogen-bond acceptors (Lipinski definition) is 4. The van der Waals surface area contributed by atoms with Crippen LogP contribution in [0, 0.1) is 18.3 Å². The van der Waals surface area contributed by atoms with Crippen molar-refractivity contribution in [2.24, 2.45) is 0 Å². The van der Waals surface area contributed by atoms with Gasteiger partial charge in [0.1, 0.15) is 5.82 Å². The standard InChI is InChI=1S/C11H16N4/c1-8-7-14-11(6-10(8)13)15(3)9(2)4-5-12/h6-7,9H,4H2,1-3H3,(H2,13,14). The van der Waals surface area contributed by atoms with Gasteiger partial charge in [-0.25, -0.2) is 4.98 Å². The molecule has 4 nitrogen and oxygen atoms in total. The van der Waals surface area contributed by atoms with Crippen LogP contribution in [0.25, 0.3) is 0 Å². The Bertz CT molecular complexity index is 381. The zero-order chi connectivity index (χ0) is 11.4. The van der Waals surface area contributed by atoms with Crippen molar-refractivity contribution in [3.8, 4) is 6.07 Å². The van der Waals surface area contributed by atoms with E-state index in [2.05, 4.69) is 11.1 Å². The lowest BCUT2D eigenvalue weighted by Gasteiger charge is -2.24. The highest BCUT2D eigenvalue weighted by Gasteiger charge is 2.11. The second-order valence-corrected chi connectivity index (χ2v) is 3.72. The maximum absolute atomic E-state index is 8.61. The summed E-state index contributed by atoms with van der Waals surface area (Å²) in [6.45, 7) is 3.91. The normalized spacial score (nSPS) is 11.9. The summed E-state index contributed by atoms with van der Waals surface area (Å²) in [7, 11) is 1.92. The molecule has 0 amide bonds. The van der Waals surface area contributed by atoms with Crippen molar-refractivity contribution >= 4 is 11.5 Å². The number of nitrogen functional groups attached to an aromatic ring is 1. The summed E-state index contributed by atoms with van der Waals surface area (Å²) in [6, 6.07) is 4.12. The Morgan fingerprint density at radius 2 is 2.33 bits per heavy atom. The van der Waals surface area contributed by atoms with Crippen LogP contribution in [-0.4, -0.2) is 18.1 Å². The lowest BCUT2D eigenvalue weighted by Crippen LogP contribution is -2.29. The molecule has 80 valence electrons. The smallest absolute Gasteiger partial charge is 0.130 e. The molecular formula is C11H16N4. The van der Waals surface area contributed by atoms with Gasteiger partial charge >= 0.3 is 0 Å². The van der Waals surface area contributed by atoms with E-state index < -0.39 is 0 Å². The molecule has 1 rings (SSSR count). The molecule has 2 N–H and O–H groups in total. The predicted octanol–water partition coefficient (Wildman–Crippen LogP) is 1.71. The molecule has 0 bridgehead atoms. The summed E-state index contributed by atoms with van der Waals surface area (Å²) in [4.78, 5) is 6.24. The van der Waals surface area contributed by atoms with Crippen molar-refractivity contribution in [1.82, 2.24) is 4.98 Å². The fourth-order valence-corrected chi connectivity index (χ4v) is 1.22. The summed E-state index contributed by atoms with van der Waals surface area (Å²) in [5, 5.41) is 8.61. The highest BCUT2D eigenvalue weighted by Crippen LogP contribution is 2.18. The highest BCUT2D eigenvalue weighted by atomic mass is 15.2. The van der Waals surface area contributed by atoms with Crippen molar-refractivity contribution in [2.45, 2.75) is 26.3 Å². The molecule has 1 heterocycles. The predicted molar refractivity (Wildman–Crippen MR) is 61.5 cm³/mol. The monoisotopic (exact) mass is 204 g/mol. The SMILES string of the molecule is Cc1cnc(N(C)C(C)CC#N)cc1N. The van der Waals surface area contributed by atoms with Crippen LogP contribution in [0.3, 0.4) is 0 Å². The molecule has 0 saturated carbocycles. The van der Waals surface area contributed by atoms with Gasteiger partial charge in [0.15, 0.2) is 0 Å². The lowest BCUT2D eigenvalue weighted by atomic mass is 10.2.